The lowest BCUT2D eigenvalue weighted by Gasteiger charge is -2.57. The summed E-state index contributed by atoms with van der Waals surface area (Å²) < 4.78 is 0. The Morgan fingerprint density at radius 1 is 1.03 bits per heavy atom. The zero-order valence-electron chi connectivity index (χ0n) is 21.5. The Balaban J connectivity index is 1.53. The first-order chi connectivity index (χ1) is 15.2. The Morgan fingerprint density at radius 2 is 1.78 bits per heavy atom. The molecule has 0 unspecified atom stereocenters. The molecule has 0 aromatic carbocycles. The normalized spacial score (nSPS) is 40.3. The number of nitrogens with two attached hydrogens (primary N) is 2. The molecule has 0 aliphatic heterocycles. The summed E-state index contributed by atoms with van der Waals surface area (Å²) in [4.78, 5) is 0. The third kappa shape index (κ3) is 4.08. The van der Waals surface area contributed by atoms with Crippen LogP contribution in [0.3, 0.4) is 0 Å². The highest BCUT2D eigenvalue weighted by atomic mass is 15.1. The van der Waals surface area contributed by atoms with Crippen LogP contribution in [0.25, 0.3) is 0 Å². The average Bonchev–Trinajstić information content (AvgIpc) is 3.34. The van der Waals surface area contributed by atoms with Crippen LogP contribution in [0.4, 0.5) is 0 Å². The Hall–Kier alpha value is -0.870. The van der Waals surface area contributed by atoms with E-state index in [4.69, 9.17) is 11.5 Å². The van der Waals surface area contributed by atoms with Gasteiger partial charge in [0.25, 0.3) is 0 Å². The fourth-order valence-electron chi connectivity index (χ4n) is 8.95. The van der Waals surface area contributed by atoms with Crippen LogP contribution in [0, 0.1) is 52.3 Å². The van der Waals surface area contributed by atoms with E-state index < -0.39 is 0 Å². The van der Waals surface area contributed by atoms with Gasteiger partial charge in [0.2, 0.25) is 0 Å². The minimum absolute atomic E-state index is 0.234. The van der Waals surface area contributed by atoms with Crippen molar-refractivity contribution in [3.05, 3.63) is 17.5 Å². The number of aromatic amines is 1. The van der Waals surface area contributed by atoms with Crippen molar-refractivity contribution in [2.45, 2.75) is 92.4 Å². The zero-order chi connectivity index (χ0) is 23.1. The van der Waals surface area contributed by atoms with Crippen molar-refractivity contribution in [3.63, 3.8) is 0 Å². The van der Waals surface area contributed by atoms with Crippen LogP contribution >= 0.6 is 0 Å². The molecule has 0 bridgehead atoms. The first kappa shape index (κ1) is 24.3. The van der Waals surface area contributed by atoms with Crippen molar-refractivity contribution >= 4 is 0 Å². The molecule has 4 rings (SSSR count). The Bertz CT molecular complexity index is 756. The van der Waals surface area contributed by atoms with Gasteiger partial charge in [-0.05, 0) is 109 Å². The van der Waals surface area contributed by atoms with Crippen LogP contribution in [-0.2, 0) is 12.8 Å². The van der Waals surface area contributed by atoms with Gasteiger partial charge >= 0.3 is 0 Å². The standard InChI is InChI=1S/C28H50N4/c1-18(2)7-6-8-19(3)23-9-10-24-22(16-30)25(11-12-27(23,24)4)28(5)14-20-17-31-32-26(20)13-21(28)15-29/h17-19,21-25H,6-16,29-30H2,1-5H3,(H,31,32)/t19-,21-,22-,23-,24-,25-,27-,28+/m1/s1. The summed E-state index contributed by atoms with van der Waals surface area (Å²) in [7, 11) is 0. The summed E-state index contributed by atoms with van der Waals surface area (Å²) in [6, 6.07) is 0. The maximum absolute atomic E-state index is 6.62. The van der Waals surface area contributed by atoms with Crippen LogP contribution in [0.5, 0.6) is 0 Å². The Morgan fingerprint density at radius 3 is 2.47 bits per heavy atom. The van der Waals surface area contributed by atoms with Gasteiger partial charge in [-0.25, -0.2) is 0 Å². The minimum atomic E-state index is 0.234. The van der Waals surface area contributed by atoms with E-state index in [1.54, 1.807) is 0 Å². The molecular weight excluding hydrogens is 392 g/mol. The second-order valence-electron chi connectivity index (χ2n) is 12.8. The zero-order valence-corrected chi connectivity index (χ0v) is 21.5. The molecule has 1 aromatic rings. The molecule has 3 aliphatic carbocycles. The molecule has 3 aliphatic rings. The van der Waals surface area contributed by atoms with Gasteiger partial charge in [-0.3, -0.25) is 5.10 Å². The molecular formula is C28H50N4. The predicted molar refractivity (Wildman–Crippen MR) is 134 cm³/mol. The molecule has 32 heavy (non-hydrogen) atoms. The Labute approximate surface area is 197 Å². The molecule has 2 fully saturated rings. The SMILES string of the molecule is CC(C)CCC[C@@H](C)[C@H]1CC[C@@H]2[C@@H](CN)[C@H]([C@@]3(C)Cc4cn[nH]c4C[C@@H]3CN)CC[C@@]21C. The molecule has 0 radical (unpaired) electrons. The van der Waals surface area contributed by atoms with Gasteiger partial charge in [0.05, 0.1) is 6.20 Å². The van der Waals surface area contributed by atoms with Crippen molar-refractivity contribution in [1.82, 2.24) is 10.2 Å². The second kappa shape index (κ2) is 9.41. The summed E-state index contributed by atoms with van der Waals surface area (Å²) in [6.07, 6.45) is 13.9. The molecule has 8 atom stereocenters. The van der Waals surface area contributed by atoms with Gasteiger partial charge in [-0.15, -0.1) is 0 Å². The number of H-pyrrole nitrogens is 1. The molecule has 0 saturated heterocycles. The second-order valence-corrected chi connectivity index (χ2v) is 12.8. The van der Waals surface area contributed by atoms with Crippen molar-refractivity contribution < 1.29 is 0 Å². The maximum Gasteiger partial charge on any atom is 0.0522 e. The summed E-state index contributed by atoms with van der Waals surface area (Å²) in [5.74, 6) is 5.16. The number of hydrogen-bond acceptors (Lipinski definition) is 3. The van der Waals surface area contributed by atoms with E-state index in [9.17, 15) is 0 Å². The van der Waals surface area contributed by atoms with E-state index in [1.807, 2.05) is 0 Å². The topological polar surface area (TPSA) is 80.7 Å². The maximum atomic E-state index is 6.62. The van der Waals surface area contributed by atoms with Gasteiger partial charge in [0, 0.05) is 5.69 Å². The number of nitrogens with one attached hydrogen (secondary N) is 1. The first-order valence-corrected chi connectivity index (χ1v) is 13.7. The molecule has 2 saturated carbocycles. The van der Waals surface area contributed by atoms with Gasteiger partial charge in [-0.1, -0.05) is 53.9 Å². The summed E-state index contributed by atoms with van der Waals surface area (Å²) >= 11 is 0. The lowest BCUT2D eigenvalue weighted by Crippen LogP contribution is -2.54. The van der Waals surface area contributed by atoms with Gasteiger partial charge in [0.1, 0.15) is 0 Å². The van der Waals surface area contributed by atoms with Gasteiger partial charge < -0.3 is 11.5 Å². The molecule has 182 valence electrons. The largest absolute Gasteiger partial charge is 0.330 e. The monoisotopic (exact) mass is 442 g/mol. The van der Waals surface area contributed by atoms with Crippen LogP contribution in [0.1, 0.15) is 90.8 Å². The molecule has 4 nitrogen and oxygen atoms in total. The van der Waals surface area contributed by atoms with Crippen molar-refractivity contribution in [2.24, 2.45) is 63.7 Å². The predicted octanol–water partition coefficient (Wildman–Crippen LogP) is 5.57. The van der Waals surface area contributed by atoms with Gasteiger partial charge in [-0.2, -0.15) is 5.10 Å². The molecule has 0 amide bonds. The number of rotatable bonds is 8. The molecule has 0 spiro atoms. The summed E-state index contributed by atoms with van der Waals surface area (Å²) in [5, 5.41) is 7.60. The molecule has 1 heterocycles. The van der Waals surface area contributed by atoms with E-state index in [2.05, 4.69) is 51.0 Å². The number of fused-ring (bicyclic) bond motifs is 2. The molecule has 1 aromatic heterocycles. The van der Waals surface area contributed by atoms with E-state index in [0.717, 1.165) is 49.6 Å². The molecule has 4 heteroatoms. The quantitative estimate of drug-likeness (QED) is 0.492. The summed E-state index contributed by atoms with van der Waals surface area (Å²) in [6.45, 7) is 14.1. The summed E-state index contributed by atoms with van der Waals surface area (Å²) in [5.41, 5.74) is 16.5. The number of hydrogen-bond donors (Lipinski definition) is 3. The third-order valence-corrected chi connectivity index (χ3v) is 10.8. The highest BCUT2D eigenvalue weighted by Gasteiger charge is 2.58. The Kier molecular flexibility index (Phi) is 7.13. The van der Waals surface area contributed by atoms with Crippen molar-refractivity contribution in [3.8, 4) is 0 Å². The van der Waals surface area contributed by atoms with E-state index >= 15 is 0 Å². The van der Waals surface area contributed by atoms with E-state index in [0.29, 0.717) is 23.2 Å². The first-order valence-electron chi connectivity index (χ1n) is 13.7. The average molecular weight is 443 g/mol. The fourth-order valence-corrected chi connectivity index (χ4v) is 8.95. The van der Waals surface area contributed by atoms with Crippen LogP contribution in [0.15, 0.2) is 6.20 Å². The van der Waals surface area contributed by atoms with Crippen LogP contribution in [-0.4, -0.2) is 23.3 Å². The van der Waals surface area contributed by atoms with Crippen molar-refractivity contribution in [2.75, 3.05) is 13.1 Å². The highest BCUT2D eigenvalue weighted by Crippen LogP contribution is 2.64. The molecule has 5 N–H and O–H groups in total. The van der Waals surface area contributed by atoms with Crippen molar-refractivity contribution in [1.29, 1.82) is 0 Å². The fraction of sp³-hybridized carbons (Fsp3) is 0.893. The number of nitrogens with zero attached hydrogens (tertiary/aromatic N) is 1. The number of aromatic nitrogens is 2. The minimum Gasteiger partial charge on any atom is -0.330 e. The van der Waals surface area contributed by atoms with Crippen LogP contribution in [0.2, 0.25) is 0 Å². The van der Waals surface area contributed by atoms with Crippen LogP contribution < -0.4 is 11.5 Å². The van der Waals surface area contributed by atoms with Gasteiger partial charge in [0.15, 0.2) is 0 Å². The highest BCUT2D eigenvalue weighted by molar-refractivity contribution is 5.25. The smallest absolute Gasteiger partial charge is 0.0522 e. The van der Waals surface area contributed by atoms with E-state index in [1.165, 1.54) is 56.2 Å². The lowest BCUT2D eigenvalue weighted by molar-refractivity contribution is -0.0663. The van der Waals surface area contributed by atoms with E-state index in [-0.39, 0.29) is 5.41 Å². The third-order valence-electron chi connectivity index (χ3n) is 10.8. The lowest BCUT2D eigenvalue weighted by atomic mass is 9.48.